The smallest absolute Gasteiger partial charge is 0.265 e. The molecule has 0 saturated carbocycles. The number of pyridine rings is 1. The second kappa shape index (κ2) is 5.52. The van der Waals surface area contributed by atoms with Gasteiger partial charge in [-0.25, -0.2) is 4.98 Å². The minimum Gasteiger partial charge on any atom is -0.319 e. The number of aromatic nitrogens is 1. The molecular formula is C14H8BrClN2OS. The normalized spacial score (nSPS) is 10.7. The van der Waals surface area contributed by atoms with Crippen LogP contribution in [0.5, 0.6) is 0 Å². The van der Waals surface area contributed by atoms with Crippen LogP contribution in [0.3, 0.4) is 0 Å². The van der Waals surface area contributed by atoms with Crippen LogP contribution >= 0.6 is 38.9 Å². The molecule has 0 spiro atoms. The number of hydrogen-bond acceptors (Lipinski definition) is 3. The lowest BCUT2D eigenvalue weighted by Gasteiger charge is -2.05. The fourth-order valence-corrected chi connectivity index (χ4v) is 3.23. The Balaban J connectivity index is 1.90. The van der Waals surface area contributed by atoms with Crippen molar-refractivity contribution < 1.29 is 4.79 Å². The zero-order chi connectivity index (χ0) is 14.1. The third-order valence-electron chi connectivity index (χ3n) is 2.70. The molecule has 0 aliphatic carbocycles. The van der Waals surface area contributed by atoms with Crippen LogP contribution in [-0.4, -0.2) is 10.9 Å². The van der Waals surface area contributed by atoms with Crippen LogP contribution in [-0.2, 0) is 0 Å². The van der Waals surface area contributed by atoms with E-state index >= 15 is 0 Å². The number of anilines is 1. The van der Waals surface area contributed by atoms with E-state index in [1.165, 1.54) is 11.3 Å². The zero-order valence-corrected chi connectivity index (χ0v) is 13.2. The molecule has 0 radical (unpaired) electrons. The molecule has 0 atom stereocenters. The number of nitrogens with one attached hydrogen (secondary N) is 1. The van der Waals surface area contributed by atoms with Gasteiger partial charge < -0.3 is 5.32 Å². The Hall–Kier alpha value is -1.43. The first-order chi connectivity index (χ1) is 9.63. The molecule has 3 nitrogen and oxygen atoms in total. The lowest BCUT2D eigenvalue weighted by molar-refractivity contribution is 0.103. The molecular weight excluding hydrogens is 360 g/mol. The van der Waals surface area contributed by atoms with Crippen molar-refractivity contribution in [2.75, 3.05) is 5.32 Å². The molecule has 0 aliphatic rings. The van der Waals surface area contributed by atoms with Gasteiger partial charge in [0, 0.05) is 15.4 Å². The first kappa shape index (κ1) is 13.5. The lowest BCUT2D eigenvalue weighted by Crippen LogP contribution is -2.10. The van der Waals surface area contributed by atoms with Gasteiger partial charge in [-0.2, -0.15) is 0 Å². The van der Waals surface area contributed by atoms with E-state index in [0.717, 1.165) is 14.6 Å². The van der Waals surface area contributed by atoms with Gasteiger partial charge in [0.05, 0.1) is 10.6 Å². The van der Waals surface area contributed by atoms with E-state index in [0.29, 0.717) is 10.6 Å². The van der Waals surface area contributed by atoms with E-state index in [2.05, 4.69) is 26.2 Å². The van der Waals surface area contributed by atoms with Crippen molar-refractivity contribution in [3.8, 4) is 0 Å². The summed E-state index contributed by atoms with van der Waals surface area (Å²) in [7, 11) is 0. The SMILES string of the molecule is O=C(Nc1cc(Br)cnc1Cl)c1cc2ccccc2s1. The second-order valence-corrected chi connectivity index (χ2v) is 6.45. The van der Waals surface area contributed by atoms with Crippen molar-refractivity contribution in [2.45, 2.75) is 0 Å². The fourth-order valence-electron chi connectivity index (χ4n) is 1.79. The van der Waals surface area contributed by atoms with Crippen LogP contribution in [0.25, 0.3) is 10.1 Å². The summed E-state index contributed by atoms with van der Waals surface area (Å²) in [4.78, 5) is 16.9. The Kier molecular flexibility index (Phi) is 3.74. The topological polar surface area (TPSA) is 42.0 Å². The van der Waals surface area contributed by atoms with Crippen molar-refractivity contribution in [3.05, 3.63) is 57.1 Å². The Morgan fingerprint density at radius 3 is 2.90 bits per heavy atom. The summed E-state index contributed by atoms with van der Waals surface area (Å²) in [6.45, 7) is 0. The minimum atomic E-state index is -0.187. The standard InChI is InChI=1S/C14H8BrClN2OS/c15-9-6-10(13(16)17-7-9)18-14(19)12-5-8-3-1-2-4-11(8)20-12/h1-7H,(H,18,19). The molecule has 1 N–H and O–H groups in total. The first-order valence-corrected chi connectivity index (χ1v) is 7.73. The highest BCUT2D eigenvalue weighted by Crippen LogP contribution is 2.28. The van der Waals surface area contributed by atoms with Crippen LogP contribution in [0.4, 0.5) is 5.69 Å². The number of nitrogens with zero attached hydrogens (tertiary/aromatic N) is 1. The van der Waals surface area contributed by atoms with E-state index in [1.807, 2.05) is 30.3 Å². The largest absolute Gasteiger partial charge is 0.319 e. The fraction of sp³-hybridized carbons (Fsp3) is 0. The highest BCUT2D eigenvalue weighted by atomic mass is 79.9. The van der Waals surface area contributed by atoms with Gasteiger partial charge in [-0.15, -0.1) is 11.3 Å². The number of halogens is 2. The van der Waals surface area contributed by atoms with E-state index in [1.54, 1.807) is 12.3 Å². The molecule has 0 aliphatic heterocycles. The average molecular weight is 368 g/mol. The van der Waals surface area contributed by atoms with Crippen molar-refractivity contribution in [1.29, 1.82) is 0 Å². The van der Waals surface area contributed by atoms with Crippen LogP contribution in [0.15, 0.2) is 47.1 Å². The Bertz CT molecular complexity index is 770. The predicted molar refractivity (Wildman–Crippen MR) is 86.7 cm³/mol. The summed E-state index contributed by atoms with van der Waals surface area (Å²) < 4.78 is 1.84. The second-order valence-electron chi connectivity index (χ2n) is 4.09. The third kappa shape index (κ3) is 2.70. The van der Waals surface area contributed by atoms with Gasteiger partial charge in [0.2, 0.25) is 0 Å². The van der Waals surface area contributed by atoms with Crippen LogP contribution in [0.1, 0.15) is 9.67 Å². The lowest BCUT2D eigenvalue weighted by atomic mass is 10.2. The molecule has 0 unspecified atom stereocenters. The van der Waals surface area contributed by atoms with Crippen LogP contribution in [0, 0.1) is 0 Å². The summed E-state index contributed by atoms with van der Waals surface area (Å²) in [6, 6.07) is 11.5. The third-order valence-corrected chi connectivity index (χ3v) is 4.55. The summed E-state index contributed by atoms with van der Waals surface area (Å²) in [5.74, 6) is -0.187. The summed E-state index contributed by atoms with van der Waals surface area (Å²) in [5, 5.41) is 4.10. The highest BCUT2D eigenvalue weighted by molar-refractivity contribution is 9.10. The number of rotatable bonds is 2. The van der Waals surface area contributed by atoms with Gasteiger partial charge in [-0.05, 0) is 39.5 Å². The molecule has 3 rings (SSSR count). The van der Waals surface area contributed by atoms with Gasteiger partial charge in [0.1, 0.15) is 0 Å². The van der Waals surface area contributed by atoms with Crippen molar-refractivity contribution in [1.82, 2.24) is 4.98 Å². The Labute approximate surface area is 132 Å². The highest BCUT2D eigenvalue weighted by Gasteiger charge is 2.12. The number of carbonyl (C=O) groups is 1. The van der Waals surface area contributed by atoms with Gasteiger partial charge in [-0.3, -0.25) is 4.79 Å². The monoisotopic (exact) mass is 366 g/mol. The van der Waals surface area contributed by atoms with E-state index in [-0.39, 0.29) is 11.1 Å². The van der Waals surface area contributed by atoms with Gasteiger partial charge >= 0.3 is 0 Å². The summed E-state index contributed by atoms with van der Waals surface area (Å²) in [5.41, 5.74) is 0.489. The van der Waals surface area contributed by atoms with Crippen LogP contribution < -0.4 is 5.32 Å². The number of fused-ring (bicyclic) bond motifs is 1. The van der Waals surface area contributed by atoms with E-state index in [9.17, 15) is 4.79 Å². The molecule has 20 heavy (non-hydrogen) atoms. The van der Waals surface area contributed by atoms with E-state index < -0.39 is 0 Å². The van der Waals surface area contributed by atoms with Gasteiger partial charge in [0.15, 0.2) is 5.15 Å². The zero-order valence-electron chi connectivity index (χ0n) is 10.1. The maximum absolute atomic E-state index is 12.2. The molecule has 2 heterocycles. The number of benzene rings is 1. The molecule has 1 amide bonds. The van der Waals surface area contributed by atoms with Crippen molar-refractivity contribution in [3.63, 3.8) is 0 Å². The number of thiophene rings is 1. The van der Waals surface area contributed by atoms with Gasteiger partial charge in [-0.1, -0.05) is 29.8 Å². The molecule has 6 heteroatoms. The summed E-state index contributed by atoms with van der Waals surface area (Å²) in [6.07, 6.45) is 1.58. The maximum atomic E-state index is 12.2. The average Bonchev–Trinajstić information content (AvgIpc) is 2.87. The number of hydrogen-bond donors (Lipinski definition) is 1. The minimum absolute atomic E-state index is 0.187. The molecule has 0 saturated heterocycles. The first-order valence-electron chi connectivity index (χ1n) is 5.74. The van der Waals surface area contributed by atoms with Crippen molar-refractivity contribution >= 4 is 60.5 Å². The quantitative estimate of drug-likeness (QED) is 0.650. The Morgan fingerprint density at radius 2 is 2.10 bits per heavy atom. The van der Waals surface area contributed by atoms with Gasteiger partial charge in [0.25, 0.3) is 5.91 Å². The predicted octanol–water partition coefficient (Wildman–Crippen LogP) is 4.96. The molecule has 2 aromatic heterocycles. The number of amides is 1. The molecule has 1 aromatic carbocycles. The molecule has 0 bridgehead atoms. The Morgan fingerprint density at radius 1 is 1.30 bits per heavy atom. The number of carbonyl (C=O) groups excluding carboxylic acids is 1. The molecule has 100 valence electrons. The summed E-state index contributed by atoms with van der Waals surface area (Å²) >= 11 is 10.7. The molecule has 0 fully saturated rings. The van der Waals surface area contributed by atoms with Crippen LogP contribution in [0.2, 0.25) is 5.15 Å². The van der Waals surface area contributed by atoms with Crippen molar-refractivity contribution in [2.24, 2.45) is 0 Å². The van der Waals surface area contributed by atoms with E-state index in [4.69, 9.17) is 11.6 Å². The molecule has 3 aromatic rings. The maximum Gasteiger partial charge on any atom is 0.265 e.